The molecule has 3 aromatic rings. The summed E-state index contributed by atoms with van der Waals surface area (Å²) in [5.74, 6) is -0.357. The van der Waals surface area contributed by atoms with Gasteiger partial charge in [0.15, 0.2) is 0 Å². The Kier molecular flexibility index (Phi) is 7.39. The largest absolute Gasteiger partial charge is 0.573 e. The minimum atomic E-state index is -4.78. The number of sulfonamides is 1. The molecule has 2 heterocycles. The van der Waals surface area contributed by atoms with E-state index in [1.54, 1.807) is 0 Å². The van der Waals surface area contributed by atoms with Gasteiger partial charge in [0.1, 0.15) is 10.8 Å². The minimum Gasteiger partial charge on any atom is -0.406 e. The van der Waals surface area contributed by atoms with Crippen molar-refractivity contribution in [1.82, 2.24) is 4.90 Å². The molecule has 0 radical (unpaired) electrons. The summed E-state index contributed by atoms with van der Waals surface area (Å²) in [7, 11) is -3.69. The molecule has 2 aromatic carbocycles. The highest BCUT2D eigenvalue weighted by atomic mass is 32.2. The number of fused-ring (bicyclic) bond motifs is 1. The average molecular weight is 513 g/mol. The minimum absolute atomic E-state index is 0.0179. The van der Waals surface area contributed by atoms with Gasteiger partial charge in [0.05, 0.1) is 12.3 Å². The quantitative estimate of drug-likeness (QED) is 0.375. The van der Waals surface area contributed by atoms with Crippen LogP contribution in [0.1, 0.15) is 30.4 Å². The van der Waals surface area contributed by atoms with Gasteiger partial charge >= 0.3 is 6.36 Å². The third-order valence-corrected chi connectivity index (χ3v) is 9.07. The zero-order chi connectivity index (χ0) is 24.3. The van der Waals surface area contributed by atoms with Crippen LogP contribution in [0.25, 0.3) is 10.1 Å². The van der Waals surface area contributed by atoms with Gasteiger partial charge in [-0.1, -0.05) is 36.8 Å². The Morgan fingerprint density at radius 2 is 1.71 bits per heavy atom. The van der Waals surface area contributed by atoms with Crippen LogP contribution < -0.4 is 9.04 Å². The lowest BCUT2D eigenvalue weighted by Crippen LogP contribution is -2.39. The lowest BCUT2D eigenvalue weighted by Gasteiger charge is -2.29. The maximum atomic E-state index is 13.6. The smallest absolute Gasteiger partial charge is 0.406 e. The van der Waals surface area contributed by atoms with E-state index >= 15 is 0 Å². The van der Waals surface area contributed by atoms with Crippen molar-refractivity contribution < 1.29 is 26.3 Å². The fraction of sp³-hybridized carbons (Fsp3) is 0.417. The lowest BCUT2D eigenvalue weighted by molar-refractivity contribution is -0.274. The number of ether oxygens (including phenoxy) is 1. The summed E-state index contributed by atoms with van der Waals surface area (Å²) in [6.45, 7) is 4.20. The Morgan fingerprint density at radius 3 is 2.35 bits per heavy atom. The van der Waals surface area contributed by atoms with Gasteiger partial charge in [-0.2, -0.15) is 0 Å². The second-order valence-corrected chi connectivity index (χ2v) is 11.5. The normalized spacial score (nSPS) is 15.5. The maximum Gasteiger partial charge on any atom is 0.573 e. The topological polar surface area (TPSA) is 49.9 Å². The van der Waals surface area contributed by atoms with Crippen LogP contribution in [0.3, 0.4) is 0 Å². The third kappa shape index (κ3) is 6.03. The molecule has 0 saturated carbocycles. The SMILES string of the molecule is Cc1c(N(Cc2ccc(OC(F)(F)F)cc2)S(=O)(=O)CCN2CCCCC2)sc2ccccc12. The first-order chi connectivity index (χ1) is 16.1. The molecule has 0 amide bonds. The van der Waals surface area contributed by atoms with Gasteiger partial charge in [0, 0.05) is 11.2 Å². The van der Waals surface area contributed by atoms with Crippen molar-refractivity contribution in [1.29, 1.82) is 0 Å². The zero-order valence-electron chi connectivity index (χ0n) is 18.8. The fourth-order valence-electron chi connectivity index (χ4n) is 4.20. The molecule has 1 aromatic heterocycles. The van der Waals surface area contributed by atoms with Crippen LogP contribution in [-0.4, -0.2) is 45.1 Å². The number of hydrogen-bond acceptors (Lipinski definition) is 5. The van der Waals surface area contributed by atoms with Crippen LogP contribution in [0.4, 0.5) is 18.2 Å². The van der Waals surface area contributed by atoms with Crippen molar-refractivity contribution in [3.8, 4) is 5.75 Å². The van der Waals surface area contributed by atoms with E-state index in [0.29, 0.717) is 17.1 Å². The van der Waals surface area contributed by atoms with Gasteiger partial charge in [-0.05, 0) is 67.6 Å². The van der Waals surface area contributed by atoms with E-state index in [4.69, 9.17) is 0 Å². The number of likely N-dealkylation sites (tertiary alicyclic amines) is 1. The number of hydrogen-bond donors (Lipinski definition) is 0. The van der Waals surface area contributed by atoms with Gasteiger partial charge in [0.25, 0.3) is 0 Å². The Labute approximate surface area is 201 Å². The number of benzene rings is 2. The van der Waals surface area contributed by atoms with Crippen molar-refractivity contribution in [3.63, 3.8) is 0 Å². The summed E-state index contributed by atoms with van der Waals surface area (Å²) in [6.07, 6.45) is -1.46. The number of nitrogens with zero attached hydrogens (tertiary/aromatic N) is 2. The fourth-order valence-corrected chi connectivity index (χ4v) is 7.21. The molecule has 10 heteroatoms. The Balaban J connectivity index is 1.62. The Bertz CT molecular complexity index is 1220. The maximum absolute atomic E-state index is 13.6. The summed E-state index contributed by atoms with van der Waals surface area (Å²) in [4.78, 5) is 2.18. The summed E-state index contributed by atoms with van der Waals surface area (Å²) in [5.41, 5.74) is 1.45. The molecular weight excluding hydrogens is 485 g/mol. The summed E-state index contributed by atoms with van der Waals surface area (Å²) in [6, 6.07) is 13.1. The summed E-state index contributed by atoms with van der Waals surface area (Å²) < 4.78 is 71.0. The first-order valence-corrected chi connectivity index (χ1v) is 13.6. The van der Waals surface area contributed by atoms with E-state index in [2.05, 4.69) is 9.64 Å². The molecule has 0 atom stereocenters. The van der Waals surface area contributed by atoms with Crippen molar-refractivity contribution in [2.24, 2.45) is 0 Å². The zero-order valence-corrected chi connectivity index (χ0v) is 20.5. The number of halogens is 3. The molecule has 1 aliphatic heterocycles. The second kappa shape index (κ2) is 10.1. The molecule has 1 fully saturated rings. The van der Waals surface area contributed by atoms with Gasteiger partial charge in [-0.3, -0.25) is 4.31 Å². The molecule has 1 aliphatic rings. The van der Waals surface area contributed by atoms with Crippen LogP contribution >= 0.6 is 11.3 Å². The molecule has 0 aliphatic carbocycles. The summed E-state index contributed by atoms with van der Waals surface area (Å²) in [5, 5.41) is 1.63. The van der Waals surface area contributed by atoms with Crippen molar-refractivity contribution in [2.45, 2.75) is 39.1 Å². The molecule has 4 rings (SSSR count). The Hall–Kier alpha value is -2.30. The third-order valence-electron chi connectivity index (χ3n) is 5.98. The van der Waals surface area contributed by atoms with Crippen molar-refractivity contribution in [2.75, 3.05) is 29.7 Å². The van der Waals surface area contributed by atoms with Crippen LogP contribution in [0.15, 0.2) is 48.5 Å². The number of rotatable bonds is 8. The molecule has 184 valence electrons. The number of anilines is 1. The monoisotopic (exact) mass is 512 g/mol. The van der Waals surface area contributed by atoms with E-state index in [9.17, 15) is 21.6 Å². The predicted octanol–water partition coefficient (Wildman–Crippen LogP) is 5.93. The highest BCUT2D eigenvalue weighted by Crippen LogP contribution is 2.39. The van der Waals surface area contributed by atoms with Crippen LogP contribution in [0.5, 0.6) is 5.75 Å². The number of piperidine rings is 1. The number of aryl methyl sites for hydroxylation is 1. The van der Waals surface area contributed by atoms with Crippen LogP contribution in [0, 0.1) is 6.92 Å². The van der Waals surface area contributed by atoms with Gasteiger partial charge in [-0.25, -0.2) is 8.42 Å². The van der Waals surface area contributed by atoms with Gasteiger partial charge in [0.2, 0.25) is 10.0 Å². The molecule has 1 saturated heterocycles. The van der Waals surface area contributed by atoms with E-state index in [0.717, 1.165) is 41.6 Å². The first kappa shape index (κ1) is 24.8. The number of alkyl halides is 3. The van der Waals surface area contributed by atoms with Crippen molar-refractivity contribution >= 4 is 36.4 Å². The van der Waals surface area contributed by atoms with Crippen LogP contribution in [0.2, 0.25) is 0 Å². The molecule has 5 nitrogen and oxygen atoms in total. The molecule has 0 N–H and O–H groups in total. The second-order valence-electron chi connectivity index (χ2n) is 8.45. The number of thiophene rings is 1. The van der Waals surface area contributed by atoms with E-state index in [-0.39, 0.29) is 18.0 Å². The van der Waals surface area contributed by atoms with Gasteiger partial charge in [-0.15, -0.1) is 24.5 Å². The molecular formula is C24H27F3N2O3S2. The highest BCUT2D eigenvalue weighted by Gasteiger charge is 2.31. The highest BCUT2D eigenvalue weighted by molar-refractivity contribution is 7.93. The Morgan fingerprint density at radius 1 is 1.03 bits per heavy atom. The van der Waals surface area contributed by atoms with Crippen molar-refractivity contribution in [3.05, 3.63) is 59.7 Å². The predicted molar refractivity (Wildman–Crippen MR) is 130 cm³/mol. The van der Waals surface area contributed by atoms with E-state index < -0.39 is 16.4 Å². The molecule has 0 spiro atoms. The molecule has 0 bridgehead atoms. The lowest BCUT2D eigenvalue weighted by atomic mass is 10.1. The molecule has 34 heavy (non-hydrogen) atoms. The average Bonchev–Trinajstić information content (AvgIpc) is 3.13. The van der Waals surface area contributed by atoms with E-state index in [1.807, 2.05) is 31.2 Å². The van der Waals surface area contributed by atoms with E-state index in [1.165, 1.54) is 46.3 Å². The standard InChI is InChI=1S/C24H27F3N2O3S2/c1-18-21-7-3-4-8-22(21)33-23(18)29(34(30,31)16-15-28-13-5-2-6-14-28)17-19-9-11-20(12-10-19)32-24(25,26)27/h3-4,7-12H,2,5-6,13-17H2,1H3. The summed E-state index contributed by atoms with van der Waals surface area (Å²) >= 11 is 1.41. The first-order valence-electron chi connectivity index (χ1n) is 11.2. The van der Waals surface area contributed by atoms with Crippen LogP contribution in [-0.2, 0) is 16.6 Å². The molecule has 0 unspecified atom stereocenters. The van der Waals surface area contributed by atoms with Gasteiger partial charge < -0.3 is 9.64 Å².